The van der Waals surface area contributed by atoms with Gasteiger partial charge in [0.25, 0.3) is 0 Å². The molecule has 0 aromatic heterocycles. The van der Waals surface area contributed by atoms with Crippen LogP contribution in [0.15, 0.2) is 0 Å². The van der Waals surface area contributed by atoms with Gasteiger partial charge in [0.1, 0.15) is 0 Å². The molecule has 1 fully saturated rings. The molecule has 0 bridgehead atoms. The minimum atomic E-state index is 0.915. The van der Waals surface area contributed by atoms with E-state index in [1.807, 2.05) is 0 Å². The van der Waals surface area contributed by atoms with Crippen LogP contribution in [0.2, 0.25) is 0 Å². The van der Waals surface area contributed by atoms with Crippen LogP contribution in [0.5, 0.6) is 0 Å². The lowest BCUT2D eigenvalue weighted by Gasteiger charge is -2.26. The highest BCUT2D eigenvalue weighted by Crippen LogP contribution is 2.10. The topological polar surface area (TPSA) is 24.5 Å². The Morgan fingerprint density at radius 2 is 1.33 bits per heavy atom. The van der Waals surface area contributed by atoms with Crippen LogP contribution in [0.3, 0.4) is 0 Å². The van der Waals surface area contributed by atoms with E-state index >= 15 is 0 Å². The van der Waals surface area contributed by atoms with E-state index in [1.165, 1.54) is 77.3 Å². The van der Waals surface area contributed by atoms with E-state index in [-0.39, 0.29) is 0 Å². The molecule has 0 unspecified atom stereocenters. The van der Waals surface area contributed by atoms with Crippen LogP contribution >= 0.6 is 0 Å². The largest absolute Gasteiger partial charge is 0.379 e. The van der Waals surface area contributed by atoms with Crippen LogP contribution in [0, 0.1) is 0 Å². The molecule has 1 heterocycles. The summed E-state index contributed by atoms with van der Waals surface area (Å²) in [5, 5.41) is 3.58. The van der Waals surface area contributed by atoms with Gasteiger partial charge in [-0.25, -0.2) is 0 Å². The van der Waals surface area contributed by atoms with E-state index in [4.69, 9.17) is 4.74 Å². The standard InChI is InChI=1S/C18H38N2O/c1-2-3-4-5-6-7-8-9-10-11-12-19-13-14-20-15-17-21-18-16-20/h19H,2-18H2,1H3. The summed E-state index contributed by atoms with van der Waals surface area (Å²) in [4.78, 5) is 2.50. The minimum absolute atomic E-state index is 0.915. The van der Waals surface area contributed by atoms with Crippen molar-refractivity contribution in [1.82, 2.24) is 10.2 Å². The van der Waals surface area contributed by atoms with Crippen molar-refractivity contribution in [2.24, 2.45) is 0 Å². The van der Waals surface area contributed by atoms with E-state index in [0.29, 0.717) is 0 Å². The van der Waals surface area contributed by atoms with Gasteiger partial charge in [0.05, 0.1) is 13.2 Å². The lowest BCUT2D eigenvalue weighted by molar-refractivity contribution is 0.0384. The predicted octanol–water partition coefficient (Wildman–Crippen LogP) is 3.83. The maximum atomic E-state index is 5.36. The summed E-state index contributed by atoms with van der Waals surface area (Å²) in [6, 6.07) is 0. The van der Waals surface area contributed by atoms with Crippen LogP contribution in [-0.2, 0) is 4.74 Å². The molecule has 21 heavy (non-hydrogen) atoms. The van der Waals surface area contributed by atoms with Gasteiger partial charge in [-0.15, -0.1) is 0 Å². The van der Waals surface area contributed by atoms with Crippen LogP contribution < -0.4 is 5.32 Å². The van der Waals surface area contributed by atoms with Gasteiger partial charge in [-0.2, -0.15) is 0 Å². The maximum absolute atomic E-state index is 5.36. The van der Waals surface area contributed by atoms with Crippen molar-refractivity contribution in [2.45, 2.75) is 71.1 Å². The predicted molar refractivity (Wildman–Crippen MR) is 92.0 cm³/mol. The zero-order valence-electron chi connectivity index (χ0n) is 14.4. The van der Waals surface area contributed by atoms with Crippen LogP contribution in [0.1, 0.15) is 71.1 Å². The van der Waals surface area contributed by atoms with Gasteiger partial charge in [-0.3, -0.25) is 4.90 Å². The van der Waals surface area contributed by atoms with Gasteiger partial charge in [-0.05, 0) is 13.0 Å². The second-order valence-corrected chi connectivity index (χ2v) is 6.39. The molecule has 1 saturated heterocycles. The Morgan fingerprint density at radius 3 is 1.95 bits per heavy atom. The Kier molecular flexibility index (Phi) is 13.3. The number of hydrogen-bond donors (Lipinski definition) is 1. The molecule has 0 aromatic carbocycles. The molecule has 0 aromatic rings. The second kappa shape index (κ2) is 14.8. The SMILES string of the molecule is CCCCCCCCCCCCNCCN1CCOCC1. The highest BCUT2D eigenvalue weighted by molar-refractivity contribution is 4.63. The van der Waals surface area contributed by atoms with E-state index < -0.39 is 0 Å². The summed E-state index contributed by atoms with van der Waals surface area (Å²) in [5.74, 6) is 0. The average Bonchev–Trinajstić information content (AvgIpc) is 2.53. The molecule has 126 valence electrons. The zero-order chi connectivity index (χ0) is 15.0. The highest BCUT2D eigenvalue weighted by atomic mass is 16.5. The molecule has 3 nitrogen and oxygen atoms in total. The first-order valence-electron chi connectivity index (χ1n) is 9.44. The summed E-state index contributed by atoms with van der Waals surface area (Å²) in [5.41, 5.74) is 0. The Bertz CT molecular complexity index is 205. The Hall–Kier alpha value is -0.120. The summed E-state index contributed by atoms with van der Waals surface area (Å²) in [6.45, 7) is 9.85. The van der Waals surface area contributed by atoms with Gasteiger partial charge in [0, 0.05) is 26.2 Å². The fourth-order valence-corrected chi connectivity index (χ4v) is 2.92. The van der Waals surface area contributed by atoms with Gasteiger partial charge >= 0.3 is 0 Å². The van der Waals surface area contributed by atoms with E-state index in [9.17, 15) is 0 Å². The molecular weight excluding hydrogens is 260 g/mol. The molecule has 0 aliphatic carbocycles. The smallest absolute Gasteiger partial charge is 0.0594 e. The molecule has 3 heteroatoms. The van der Waals surface area contributed by atoms with Crippen LogP contribution in [0.4, 0.5) is 0 Å². The van der Waals surface area contributed by atoms with Crippen molar-refractivity contribution in [1.29, 1.82) is 0 Å². The lowest BCUT2D eigenvalue weighted by atomic mass is 10.1. The number of hydrogen-bond acceptors (Lipinski definition) is 3. The molecule has 1 rings (SSSR count). The Morgan fingerprint density at radius 1 is 0.762 bits per heavy atom. The highest BCUT2D eigenvalue weighted by Gasteiger charge is 2.08. The third kappa shape index (κ3) is 12.1. The quantitative estimate of drug-likeness (QED) is 0.493. The number of morpholine rings is 1. The number of nitrogens with one attached hydrogen (secondary N) is 1. The van der Waals surface area contributed by atoms with Crippen molar-refractivity contribution in [3.05, 3.63) is 0 Å². The van der Waals surface area contributed by atoms with Gasteiger partial charge in [-0.1, -0.05) is 64.7 Å². The minimum Gasteiger partial charge on any atom is -0.379 e. The zero-order valence-corrected chi connectivity index (χ0v) is 14.4. The van der Waals surface area contributed by atoms with Crippen LogP contribution in [0.25, 0.3) is 0 Å². The van der Waals surface area contributed by atoms with E-state index in [1.54, 1.807) is 0 Å². The summed E-state index contributed by atoms with van der Waals surface area (Å²) in [7, 11) is 0. The van der Waals surface area contributed by atoms with Crippen molar-refractivity contribution >= 4 is 0 Å². The molecule has 1 aliphatic rings. The average molecular weight is 299 g/mol. The third-order valence-electron chi connectivity index (χ3n) is 4.42. The van der Waals surface area contributed by atoms with Crippen molar-refractivity contribution in [3.8, 4) is 0 Å². The molecular formula is C18H38N2O. The number of ether oxygens (including phenoxy) is 1. The monoisotopic (exact) mass is 298 g/mol. The van der Waals surface area contributed by atoms with Crippen molar-refractivity contribution in [3.63, 3.8) is 0 Å². The maximum Gasteiger partial charge on any atom is 0.0594 e. The normalized spacial score (nSPS) is 16.4. The van der Waals surface area contributed by atoms with Crippen molar-refractivity contribution in [2.75, 3.05) is 45.9 Å². The first-order valence-corrected chi connectivity index (χ1v) is 9.44. The summed E-state index contributed by atoms with van der Waals surface area (Å²) < 4.78 is 5.36. The van der Waals surface area contributed by atoms with Crippen molar-refractivity contribution < 1.29 is 4.74 Å². The molecule has 0 saturated carbocycles. The second-order valence-electron chi connectivity index (χ2n) is 6.39. The number of unbranched alkanes of at least 4 members (excludes halogenated alkanes) is 9. The molecule has 0 radical (unpaired) electrons. The van der Waals surface area contributed by atoms with E-state index in [2.05, 4.69) is 17.1 Å². The van der Waals surface area contributed by atoms with Crippen LogP contribution in [-0.4, -0.2) is 50.8 Å². The summed E-state index contributed by atoms with van der Waals surface area (Å²) in [6.07, 6.45) is 14.2. The fourth-order valence-electron chi connectivity index (χ4n) is 2.92. The number of rotatable bonds is 14. The first kappa shape index (κ1) is 18.9. The molecule has 1 aliphatic heterocycles. The molecule has 0 amide bonds. The van der Waals surface area contributed by atoms with Gasteiger partial charge in [0.15, 0.2) is 0 Å². The Balaban J connectivity index is 1.69. The first-order chi connectivity index (χ1) is 10.4. The van der Waals surface area contributed by atoms with E-state index in [0.717, 1.165) is 32.8 Å². The number of nitrogens with zero attached hydrogens (tertiary/aromatic N) is 1. The van der Waals surface area contributed by atoms with Gasteiger partial charge < -0.3 is 10.1 Å². The Labute approximate surface area is 132 Å². The fraction of sp³-hybridized carbons (Fsp3) is 1.00. The molecule has 0 spiro atoms. The third-order valence-corrected chi connectivity index (χ3v) is 4.42. The van der Waals surface area contributed by atoms with Gasteiger partial charge in [0.2, 0.25) is 0 Å². The summed E-state index contributed by atoms with van der Waals surface area (Å²) >= 11 is 0. The molecule has 0 atom stereocenters. The molecule has 1 N–H and O–H groups in total. The lowest BCUT2D eigenvalue weighted by Crippen LogP contribution is -2.40.